The maximum absolute atomic E-state index is 11.3. The Hall–Kier alpha value is -1.07. The first-order valence-corrected chi connectivity index (χ1v) is 5.81. The number of nitrogens with one attached hydrogen (secondary N) is 1. The second-order valence-electron chi connectivity index (χ2n) is 2.96. The van der Waals surface area contributed by atoms with Gasteiger partial charge < -0.3 is 11.1 Å². The molecule has 1 heterocycles. The van der Waals surface area contributed by atoms with Gasteiger partial charge in [0.2, 0.25) is 5.91 Å². The number of aromatic nitrogens is 1. The van der Waals surface area contributed by atoms with Crippen molar-refractivity contribution >= 4 is 17.7 Å². The summed E-state index contributed by atoms with van der Waals surface area (Å²) in [6, 6.07) is 3.77. The molecule has 0 unspecified atom stereocenters. The summed E-state index contributed by atoms with van der Waals surface area (Å²) < 4.78 is 0. The van der Waals surface area contributed by atoms with Crippen LogP contribution < -0.4 is 11.1 Å². The van der Waals surface area contributed by atoms with Gasteiger partial charge in [-0.15, -0.1) is 11.8 Å². The van der Waals surface area contributed by atoms with Crippen LogP contribution in [0.1, 0.15) is 6.42 Å². The van der Waals surface area contributed by atoms with Gasteiger partial charge in [0, 0.05) is 23.8 Å². The Bertz CT molecular complexity index is 292. The molecular weight excluding hydrogens is 210 g/mol. The van der Waals surface area contributed by atoms with E-state index in [2.05, 4.69) is 10.3 Å². The molecule has 4 nitrogen and oxygen atoms in total. The number of pyridine rings is 1. The average molecular weight is 225 g/mol. The van der Waals surface area contributed by atoms with E-state index in [1.54, 1.807) is 12.4 Å². The van der Waals surface area contributed by atoms with Crippen LogP contribution in [0.3, 0.4) is 0 Å². The highest BCUT2D eigenvalue weighted by Crippen LogP contribution is 2.15. The Kier molecular flexibility index (Phi) is 5.80. The van der Waals surface area contributed by atoms with Crippen LogP contribution in [-0.4, -0.2) is 29.7 Å². The minimum Gasteiger partial charge on any atom is -0.355 e. The molecule has 0 fully saturated rings. The molecule has 0 aromatic carbocycles. The molecule has 0 saturated heterocycles. The second-order valence-corrected chi connectivity index (χ2v) is 4.01. The standard InChI is InChI=1S/C10H15N3OS/c11-4-1-5-13-10(14)8-15-9-2-6-12-7-3-9/h2-3,6-7H,1,4-5,8,11H2,(H,13,14). The van der Waals surface area contributed by atoms with E-state index in [1.165, 1.54) is 11.8 Å². The van der Waals surface area contributed by atoms with Crippen molar-refractivity contribution in [2.75, 3.05) is 18.8 Å². The molecule has 0 aliphatic rings. The molecule has 5 heteroatoms. The lowest BCUT2D eigenvalue weighted by Crippen LogP contribution is -2.27. The van der Waals surface area contributed by atoms with Crippen LogP contribution in [0.15, 0.2) is 29.4 Å². The summed E-state index contributed by atoms with van der Waals surface area (Å²) in [7, 11) is 0. The highest BCUT2D eigenvalue weighted by molar-refractivity contribution is 8.00. The third kappa shape index (κ3) is 5.39. The number of hydrogen-bond donors (Lipinski definition) is 2. The molecule has 0 saturated carbocycles. The molecule has 1 rings (SSSR count). The molecule has 0 atom stereocenters. The van der Waals surface area contributed by atoms with Crippen molar-refractivity contribution in [3.8, 4) is 0 Å². The third-order valence-corrected chi connectivity index (χ3v) is 2.73. The van der Waals surface area contributed by atoms with Gasteiger partial charge in [-0.05, 0) is 25.1 Å². The smallest absolute Gasteiger partial charge is 0.230 e. The van der Waals surface area contributed by atoms with Crippen LogP contribution in [0.25, 0.3) is 0 Å². The molecule has 0 spiro atoms. The molecule has 0 aliphatic carbocycles. The maximum atomic E-state index is 11.3. The van der Waals surface area contributed by atoms with Crippen molar-refractivity contribution in [3.63, 3.8) is 0 Å². The number of rotatable bonds is 6. The second kappa shape index (κ2) is 7.25. The lowest BCUT2D eigenvalue weighted by molar-refractivity contribution is -0.118. The van der Waals surface area contributed by atoms with Gasteiger partial charge in [-0.2, -0.15) is 0 Å². The zero-order valence-corrected chi connectivity index (χ0v) is 9.30. The van der Waals surface area contributed by atoms with E-state index in [1.807, 2.05) is 12.1 Å². The molecule has 15 heavy (non-hydrogen) atoms. The number of amides is 1. The first kappa shape index (κ1) is 12.0. The Morgan fingerprint density at radius 2 is 2.20 bits per heavy atom. The quantitative estimate of drug-likeness (QED) is 0.550. The summed E-state index contributed by atoms with van der Waals surface area (Å²) in [6.07, 6.45) is 4.26. The first-order valence-electron chi connectivity index (χ1n) is 4.82. The lowest BCUT2D eigenvalue weighted by Gasteiger charge is -2.03. The summed E-state index contributed by atoms with van der Waals surface area (Å²) in [5.74, 6) is 0.486. The highest BCUT2D eigenvalue weighted by atomic mass is 32.2. The third-order valence-electron chi connectivity index (χ3n) is 1.72. The van der Waals surface area contributed by atoms with Gasteiger partial charge in [0.15, 0.2) is 0 Å². The number of nitrogens with zero attached hydrogens (tertiary/aromatic N) is 1. The SMILES string of the molecule is NCCCNC(=O)CSc1ccncc1. The molecule has 1 amide bonds. The predicted octanol–water partition coefficient (Wildman–Crippen LogP) is 0.639. The van der Waals surface area contributed by atoms with E-state index in [-0.39, 0.29) is 5.91 Å². The van der Waals surface area contributed by atoms with Gasteiger partial charge >= 0.3 is 0 Å². The van der Waals surface area contributed by atoms with Gasteiger partial charge in [0.05, 0.1) is 5.75 Å². The van der Waals surface area contributed by atoms with Crippen molar-refractivity contribution in [2.24, 2.45) is 5.73 Å². The van der Waals surface area contributed by atoms with Gasteiger partial charge in [-0.1, -0.05) is 0 Å². The minimum atomic E-state index is 0.0465. The van der Waals surface area contributed by atoms with E-state index < -0.39 is 0 Å². The van der Waals surface area contributed by atoms with Crippen molar-refractivity contribution in [2.45, 2.75) is 11.3 Å². The van der Waals surface area contributed by atoms with E-state index in [0.717, 1.165) is 11.3 Å². The molecule has 82 valence electrons. The number of hydrogen-bond acceptors (Lipinski definition) is 4. The summed E-state index contributed by atoms with van der Waals surface area (Å²) in [6.45, 7) is 1.27. The van der Waals surface area contributed by atoms with E-state index in [4.69, 9.17) is 5.73 Å². The fraction of sp³-hybridized carbons (Fsp3) is 0.400. The fourth-order valence-corrected chi connectivity index (χ4v) is 1.68. The Labute approximate surface area is 93.7 Å². The zero-order valence-electron chi connectivity index (χ0n) is 8.48. The number of thioether (sulfide) groups is 1. The average Bonchev–Trinajstić information content (AvgIpc) is 2.28. The normalized spacial score (nSPS) is 9.93. The molecule has 0 aliphatic heterocycles. The number of carbonyl (C=O) groups excluding carboxylic acids is 1. The minimum absolute atomic E-state index is 0.0465. The van der Waals surface area contributed by atoms with E-state index >= 15 is 0 Å². The Balaban J connectivity index is 2.17. The molecular formula is C10H15N3OS. The van der Waals surface area contributed by atoms with Crippen LogP contribution in [0.5, 0.6) is 0 Å². The first-order chi connectivity index (χ1) is 7.33. The summed E-state index contributed by atoms with van der Waals surface area (Å²) in [5.41, 5.74) is 5.32. The molecule has 1 aromatic heterocycles. The molecule has 3 N–H and O–H groups in total. The highest BCUT2D eigenvalue weighted by Gasteiger charge is 2.01. The molecule has 1 aromatic rings. The number of nitrogens with two attached hydrogens (primary N) is 1. The van der Waals surface area contributed by atoms with Gasteiger partial charge in [-0.3, -0.25) is 9.78 Å². The topological polar surface area (TPSA) is 68.0 Å². The summed E-state index contributed by atoms with van der Waals surface area (Å²) >= 11 is 1.50. The Morgan fingerprint density at radius 3 is 2.87 bits per heavy atom. The van der Waals surface area contributed by atoms with E-state index in [9.17, 15) is 4.79 Å². The fourth-order valence-electron chi connectivity index (χ4n) is 0.964. The Morgan fingerprint density at radius 1 is 1.47 bits per heavy atom. The summed E-state index contributed by atoms with van der Waals surface area (Å²) in [5, 5.41) is 2.80. The van der Waals surface area contributed by atoms with Crippen molar-refractivity contribution in [1.29, 1.82) is 0 Å². The van der Waals surface area contributed by atoms with Gasteiger partial charge in [0.25, 0.3) is 0 Å². The lowest BCUT2D eigenvalue weighted by atomic mass is 10.4. The van der Waals surface area contributed by atoms with E-state index in [0.29, 0.717) is 18.8 Å². The summed E-state index contributed by atoms with van der Waals surface area (Å²) in [4.78, 5) is 16.3. The monoisotopic (exact) mass is 225 g/mol. The zero-order chi connectivity index (χ0) is 10.9. The van der Waals surface area contributed by atoms with Crippen LogP contribution >= 0.6 is 11.8 Å². The largest absolute Gasteiger partial charge is 0.355 e. The number of carbonyl (C=O) groups is 1. The maximum Gasteiger partial charge on any atom is 0.230 e. The van der Waals surface area contributed by atoms with Crippen LogP contribution in [0, 0.1) is 0 Å². The van der Waals surface area contributed by atoms with Gasteiger partial charge in [0.1, 0.15) is 0 Å². The molecule has 0 radical (unpaired) electrons. The van der Waals surface area contributed by atoms with Crippen LogP contribution in [0.2, 0.25) is 0 Å². The van der Waals surface area contributed by atoms with Gasteiger partial charge in [-0.25, -0.2) is 0 Å². The van der Waals surface area contributed by atoms with Crippen molar-refractivity contribution < 1.29 is 4.79 Å². The van der Waals surface area contributed by atoms with Crippen LogP contribution in [0.4, 0.5) is 0 Å². The van der Waals surface area contributed by atoms with Crippen molar-refractivity contribution in [3.05, 3.63) is 24.5 Å². The predicted molar refractivity (Wildman–Crippen MR) is 61.6 cm³/mol. The van der Waals surface area contributed by atoms with Crippen molar-refractivity contribution in [1.82, 2.24) is 10.3 Å². The van der Waals surface area contributed by atoms with Crippen LogP contribution in [-0.2, 0) is 4.79 Å². The molecule has 0 bridgehead atoms.